The molecular formula is C20H22BrNO6S. The number of hydrogen-bond donors (Lipinski definition) is 0. The van der Waals surface area contributed by atoms with Crippen molar-refractivity contribution in [3.8, 4) is 11.5 Å². The van der Waals surface area contributed by atoms with Gasteiger partial charge in [-0.05, 0) is 47.9 Å². The zero-order valence-corrected chi connectivity index (χ0v) is 18.7. The minimum atomic E-state index is -3.84. The fourth-order valence-corrected chi connectivity index (χ4v) is 5.71. The average molecular weight is 484 g/mol. The minimum Gasteiger partial charge on any atom is -0.493 e. The third-order valence-electron chi connectivity index (χ3n) is 4.94. The van der Waals surface area contributed by atoms with Gasteiger partial charge in [0.05, 0.1) is 38.7 Å². The van der Waals surface area contributed by atoms with Crippen LogP contribution in [-0.2, 0) is 26.0 Å². The number of benzene rings is 2. The van der Waals surface area contributed by atoms with Crippen LogP contribution in [-0.4, -0.2) is 46.6 Å². The van der Waals surface area contributed by atoms with E-state index in [9.17, 15) is 13.2 Å². The molecule has 0 aliphatic carbocycles. The van der Waals surface area contributed by atoms with E-state index in [-0.39, 0.29) is 17.9 Å². The molecule has 7 nitrogen and oxygen atoms in total. The number of ether oxygens (including phenoxy) is 3. The highest BCUT2D eigenvalue weighted by molar-refractivity contribution is 9.10. The van der Waals surface area contributed by atoms with Crippen molar-refractivity contribution >= 4 is 31.9 Å². The zero-order valence-electron chi connectivity index (χ0n) is 16.3. The lowest BCUT2D eigenvalue weighted by Gasteiger charge is -2.36. The van der Waals surface area contributed by atoms with Crippen molar-refractivity contribution in [1.82, 2.24) is 4.31 Å². The molecule has 1 heterocycles. The molecule has 9 heteroatoms. The van der Waals surface area contributed by atoms with Crippen LogP contribution < -0.4 is 9.47 Å². The van der Waals surface area contributed by atoms with Gasteiger partial charge in [0.2, 0.25) is 10.0 Å². The molecule has 0 amide bonds. The van der Waals surface area contributed by atoms with Crippen LogP contribution in [0, 0.1) is 0 Å². The second kappa shape index (κ2) is 8.73. The molecule has 156 valence electrons. The Morgan fingerprint density at radius 2 is 1.83 bits per heavy atom. The summed E-state index contributed by atoms with van der Waals surface area (Å²) in [5.74, 6) is 0.543. The van der Waals surface area contributed by atoms with E-state index >= 15 is 0 Å². The topological polar surface area (TPSA) is 82.1 Å². The number of fused-ring (bicyclic) bond motifs is 1. The minimum absolute atomic E-state index is 0.105. The molecule has 0 saturated heterocycles. The monoisotopic (exact) mass is 483 g/mol. The Morgan fingerprint density at radius 1 is 1.14 bits per heavy atom. The van der Waals surface area contributed by atoms with Gasteiger partial charge in [-0.3, -0.25) is 4.79 Å². The predicted octanol–water partition coefficient (Wildman–Crippen LogP) is 3.32. The van der Waals surface area contributed by atoms with Crippen LogP contribution in [0.4, 0.5) is 0 Å². The van der Waals surface area contributed by atoms with Crippen LogP contribution in [0.1, 0.15) is 23.6 Å². The molecule has 0 aromatic heterocycles. The van der Waals surface area contributed by atoms with E-state index in [0.29, 0.717) is 28.0 Å². The van der Waals surface area contributed by atoms with Crippen LogP contribution in [0.25, 0.3) is 0 Å². The second-order valence-electron chi connectivity index (χ2n) is 6.53. The number of esters is 1. The fraction of sp³-hybridized carbons (Fsp3) is 0.350. The molecule has 1 aliphatic rings. The van der Waals surface area contributed by atoms with Gasteiger partial charge in [0.15, 0.2) is 11.5 Å². The summed E-state index contributed by atoms with van der Waals surface area (Å²) in [5, 5.41) is 0. The van der Waals surface area contributed by atoms with Crippen LogP contribution in [0.5, 0.6) is 11.5 Å². The molecule has 29 heavy (non-hydrogen) atoms. The molecule has 2 aromatic carbocycles. The second-order valence-corrected chi connectivity index (χ2v) is 9.33. The van der Waals surface area contributed by atoms with Crippen LogP contribution >= 0.6 is 15.9 Å². The fourth-order valence-electron chi connectivity index (χ4n) is 3.51. The lowest BCUT2D eigenvalue weighted by Crippen LogP contribution is -2.41. The van der Waals surface area contributed by atoms with Gasteiger partial charge in [-0.15, -0.1) is 0 Å². The highest BCUT2D eigenvalue weighted by atomic mass is 79.9. The number of sulfonamides is 1. The van der Waals surface area contributed by atoms with Crippen LogP contribution in [0.2, 0.25) is 0 Å². The standard InChI is InChI=1S/C20H22BrNO6S/c1-26-18-9-13-7-8-22(29(24,25)15-6-4-5-14(21)10-15)17(12-20(23)28-3)16(13)11-19(18)27-2/h4-6,9-11,17H,7-8,12H2,1-3H3. The van der Waals surface area contributed by atoms with E-state index in [2.05, 4.69) is 15.9 Å². The number of hydrogen-bond acceptors (Lipinski definition) is 6. The number of carbonyl (C=O) groups is 1. The highest BCUT2D eigenvalue weighted by Crippen LogP contribution is 2.41. The Kier molecular flexibility index (Phi) is 6.50. The number of halogens is 1. The van der Waals surface area contributed by atoms with Gasteiger partial charge in [0.25, 0.3) is 0 Å². The summed E-state index contributed by atoms with van der Waals surface area (Å²) in [4.78, 5) is 12.3. The first-order valence-corrected chi connectivity index (χ1v) is 11.1. The summed E-state index contributed by atoms with van der Waals surface area (Å²) in [6, 6.07) is 9.38. The normalized spacial score (nSPS) is 16.8. The van der Waals surface area contributed by atoms with Crippen molar-refractivity contribution in [1.29, 1.82) is 0 Å². The van der Waals surface area contributed by atoms with Gasteiger partial charge in [-0.25, -0.2) is 8.42 Å². The average Bonchev–Trinajstić information content (AvgIpc) is 2.72. The van der Waals surface area contributed by atoms with Gasteiger partial charge < -0.3 is 14.2 Å². The van der Waals surface area contributed by atoms with E-state index in [0.717, 1.165) is 5.56 Å². The molecule has 1 atom stereocenters. The first kappa shape index (κ1) is 21.6. The third-order valence-corrected chi connectivity index (χ3v) is 7.34. The summed E-state index contributed by atoms with van der Waals surface area (Å²) < 4.78 is 44.4. The largest absolute Gasteiger partial charge is 0.493 e. The summed E-state index contributed by atoms with van der Waals surface area (Å²) >= 11 is 3.32. The van der Waals surface area contributed by atoms with Gasteiger partial charge in [-0.2, -0.15) is 4.31 Å². The maximum Gasteiger partial charge on any atom is 0.307 e. The van der Waals surface area contributed by atoms with Gasteiger partial charge in [0, 0.05) is 11.0 Å². The molecule has 0 radical (unpaired) electrons. The first-order valence-electron chi connectivity index (χ1n) is 8.90. The zero-order chi connectivity index (χ0) is 21.2. The summed E-state index contributed by atoms with van der Waals surface area (Å²) in [7, 11) is 0.500. The van der Waals surface area contributed by atoms with Crippen molar-refractivity contribution in [3.05, 3.63) is 52.0 Å². The van der Waals surface area contributed by atoms with Crippen molar-refractivity contribution in [2.45, 2.75) is 23.8 Å². The van der Waals surface area contributed by atoms with Crippen molar-refractivity contribution in [2.75, 3.05) is 27.9 Å². The first-order chi connectivity index (χ1) is 13.8. The molecule has 0 bridgehead atoms. The molecule has 2 aromatic rings. The predicted molar refractivity (Wildman–Crippen MR) is 111 cm³/mol. The summed E-state index contributed by atoms with van der Waals surface area (Å²) in [6.45, 7) is 0.235. The number of rotatable bonds is 6. The maximum absolute atomic E-state index is 13.4. The van der Waals surface area contributed by atoms with Crippen LogP contribution in [0.3, 0.4) is 0 Å². The SMILES string of the molecule is COC(=O)CC1c2cc(OC)c(OC)cc2CCN1S(=O)(=O)c1cccc(Br)c1. The van der Waals surface area contributed by atoms with Crippen LogP contribution in [0.15, 0.2) is 45.8 Å². The maximum atomic E-state index is 13.4. The quantitative estimate of drug-likeness (QED) is 0.586. The summed E-state index contributed by atoms with van der Waals surface area (Å²) in [5.41, 5.74) is 1.62. The third kappa shape index (κ3) is 4.26. The number of nitrogens with zero attached hydrogens (tertiary/aromatic N) is 1. The summed E-state index contributed by atoms with van der Waals surface area (Å²) in [6.07, 6.45) is 0.382. The van der Waals surface area contributed by atoms with E-state index in [4.69, 9.17) is 14.2 Å². The Labute approximate surface area is 178 Å². The van der Waals surface area contributed by atoms with Crippen molar-refractivity contribution in [2.24, 2.45) is 0 Å². The molecule has 1 unspecified atom stereocenters. The van der Waals surface area contributed by atoms with E-state index < -0.39 is 22.0 Å². The molecule has 3 rings (SSSR count). The van der Waals surface area contributed by atoms with E-state index in [1.165, 1.54) is 18.5 Å². The Hall–Kier alpha value is -2.10. The smallest absolute Gasteiger partial charge is 0.307 e. The molecule has 1 aliphatic heterocycles. The lowest BCUT2D eigenvalue weighted by atomic mass is 9.91. The van der Waals surface area contributed by atoms with Gasteiger partial charge in [0.1, 0.15) is 0 Å². The Bertz CT molecular complexity index is 1020. The molecular weight excluding hydrogens is 462 g/mol. The van der Waals surface area contributed by atoms with E-state index in [1.807, 2.05) is 6.07 Å². The molecule has 0 spiro atoms. The Balaban J connectivity index is 2.12. The van der Waals surface area contributed by atoms with Crippen molar-refractivity contribution < 1.29 is 27.4 Å². The number of methoxy groups -OCH3 is 3. The molecule has 0 fully saturated rings. The molecule has 0 saturated carbocycles. The van der Waals surface area contributed by atoms with E-state index in [1.54, 1.807) is 37.4 Å². The van der Waals surface area contributed by atoms with Gasteiger partial charge >= 0.3 is 5.97 Å². The highest BCUT2D eigenvalue weighted by Gasteiger charge is 2.38. The Morgan fingerprint density at radius 3 is 2.45 bits per heavy atom. The van der Waals surface area contributed by atoms with Crippen molar-refractivity contribution in [3.63, 3.8) is 0 Å². The van der Waals surface area contributed by atoms with Gasteiger partial charge in [-0.1, -0.05) is 22.0 Å². The molecule has 0 N–H and O–H groups in total. The number of carbonyl (C=O) groups excluding carboxylic acids is 1. The lowest BCUT2D eigenvalue weighted by molar-refractivity contribution is -0.141.